The van der Waals surface area contributed by atoms with Crippen LogP contribution in [0.4, 0.5) is 5.69 Å². The highest BCUT2D eigenvalue weighted by Crippen LogP contribution is 2.36. The van der Waals surface area contributed by atoms with E-state index in [9.17, 15) is 9.59 Å². The molecule has 2 aromatic carbocycles. The van der Waals surface area contributed by atoms with E-state index >= 15 is 0 Å². The largest absolute Gasteiger partial charge is 0.368 e. The summed E-state index contributed by atoms with van der Waals surface area (Å²) in [4.78, 5) is 30.6. The number of hydrogen-bond acceptors (Lipinski definition) is 4. The van der Waals surface area contributed by atoms with Crippen LogP contribution >= 0.6 is 0 Å². The molecule has 2 aliphatic heterocycles. The summed E-state index contributed by atoms with van der Waals surface area (Å²) < 4.78 is 0. The zero-order valence-corrected chi connectivity index (χ0v) is 24.4. The van der Waals surface area contributed by atoms with E-state index in [2.05, 4.69) is 29.3 Å². The number of nitrogens with one attached hydrogen (secondary N) is 1. The zero-order valence-electron chi connectivity index (χ0n) is 24.4. The van der Waals surface area contributed by atoms with Crippen molar-refractivity contribution in [2.24, 2.45) is 0 Å². The van der Waals surface area contributed by atoms with Gasteiger partial charge < -0.3 is 10.2 Å². The quantitative estimate of drug-likeness (QED) is 0.155. The maximum atomic E-state index is 13.4. The molecule has 4 rings (SSSR count). The third-order valence-electron chi connectivity index (χ3n) is 8.66. The van der Waals surface area contributed by atoms with Gasteiger partial charge in [0.1, 0.15) is 0 Å². The summed E-state index contributed by atoms with van der Waals surface area (Å²) in [6.07, 6.45) is 21.1. The number of rotatable bonds is 18. The highest BCUT2D eigenvalue weighted by atomic mass is 16.2. The third kappa shape index (κ3) is 8.06. The fourth-order valence-electron chi connectivity index (χ4n) is 6.33. The average Bonchev–Trinajstić information content (AvgIpc) is 2.97. The molecule has 1 saturated heterocycles. The van der Waals surface area contributed by atoms with Crippen LogP contribution in [-0.4, -0.2) is 49.4 Å². The third-order valence-corrected chi connectivity index (χ3v) is 8.66. The number of carbonyl (C=O) groups is 2. The molecule has 0 radical (unpaired) electrons. The van der Waals surface area contributed by atoms with Gasteiger partial charge in [-0.25, -0.2) is 0 Å². The lowest BCUT2D eigenvalue weighted by Crippen LogP contribution is -2.44. The number of imide groups is 1. The van der Waals surface area contributed by atoms with Crippen molar-refractivity contribution in [3.05, 3.63) is 41.5 Å². The molecular formula is C34H51N3O2. The molecule has 0 aliphatic carbocycles. The number of piperazine rings is 1. The van der Waals surface area contributed by atoms with Gasteiger partial charge in [0.15, 0.2) is 0 Å². The van der Waals surface area contributed by atoms with Crippen molar-refractivity contribution in [2.75, 3.05) is 37.6 Å². The van der Waals surface area contributed by atoms with E-state index in [0.717, 1.165) is 55.5 Å². The Balaban J connectivity index is 1.14. The van der Waals surface area contributed by atoms with Gasteiger partial charge in [0.05, 0.1) is 0 Å². The van der Waals surface area contributed by atoms with Crippen molar-refractivity contribution < 1.29 is 9.59 Å². The van der Waals surface area contributed by atoms with E-state index in [-0.39, 0.29) is 11.8 Å². The minimum absolute atomic E-state index is 0.128. The summed E-state index contributed by atoms with van der Waals surface area (Å²) in [6.45, 7) is 6.58. The average molecular weight is 534 g/mol. The van der Waals surface area contributed by atoms with Crippen LogP contribution in [0.3, 0.4) is 0 Å². The van der Waals surface area contributed by atoms with Crippen molar-refractivity contribution in [3.63, 3.8) is 0 Å². The van der Waals surface area contributed by atoms with Crippen LogP contribution in [0.1, 0.15) is 130 Å². The van der Waals surface area contributed by atoms with E-state index in [4.69, 9.17) is 0 Å². The molecular weight excluding hydrogens is 482 g/mol. The molecule has 0 atom stereocenters. The number of hydrogen-bond donors (Lipinski definition) is 1. The van der Waals surface area contributed by atoms with Crippen molar-refractivity contribution in [2.45, 2.75) is 110 Å². The molecule has 39 heavy (non-hydrogen) atoms. The number of carbonyl (C=O) groups excluding carboxylic acids is 2. The van der Waals surface area contributed by atoms with E-state index in [1.807, 2.05) is 18.2 Å². The van der Waals surface area contributed by atoms with Gasteiger partial charge in [-0.15, -0.1) is 0 Å². The Morgan fingerprint density at radius 2 is 1.15 bits per heavy atom. The van der Waals surface area contributed by atoms with Gasteiger partial charge in [-0.3, -0.25) is 14.5 Å². The smallest absolute Gasteiger partial charge is 0.261 e. The van der Waals surface area contributed by atoms with Crippen molar-refractivity contribution in [1.29, 1.82) is 0 Å². The Hall–Kier alpha value is -2.40. The monoisotopic (exact) mass is 533 g/mol. The van der Waals surface area contributed by atoms with Gasteiger partial charge in [0.2, 0.25) is 0 Å². The first-order valence-corrected chi connectivity index (χ1v) is 16.1. The highest BCUT2D eigenvalue weighted by Gasteiger charge is 2.33. The van der Waals surface area contributed by atoms with Gasteiger partial charge in [-0.2, -0.15) is 0 Å². The molecule has 0 aromatic heterocycles. The number of nitrogens with zero attached hydrogens (tertiary/aromatic N) is 2. The standard InChI is InChI=1S/C34H51N3O2/c1-2-3-4-5-6-7-8-9-10-11-12-13-14-15-16-17-25-37-33(38)29-20-18-19-28-31(36-26-23-35-24-27-36)22-21-30(32(28)29)34(37)39/h18-22,35H,2-17,23-27H2,1H3. The molecule has 0 unspecified atom stereocenters. The molecule has 2 aliphatic rings. The minimum atomic E-state index is -0.128. The summed E-state index contributed by atoms with van der Waals surface area (Å²) in [7, 11) is 0. The molecule has 2 amide bonds. The summed E-state index contributed by atoms with van der Waals surface area (Å²) in [6, 6.07) is 9.94. The zero-order chi connectivity index (χ0) is 27.3. The Kier molecular flexibility index (Phi) is 12.1. The first-order chi connectivity index (χ1) is 19.2. The van der Waals surface area contributed by atoms with Crippen LogP contribution in [0.15, 0.2) is 30.3 Å². The van der Waals surface area contributed by atoms with E-state index in [1.165, 1.54) is 94.8 Å². The molecule has 5 heteroatoms. The van der Waals surface area contributed by atoms with Crippen molar-refractivity contribution in [1.82, 2.24) is 10.2 Å². The molecule has 214 valence electrons. The fourth-order valence-corrected chi connectivity index (χ4v) is 6.33. The summed E-state index contributed by atoms with van der Waals surface area (Å²) in [5, 5.41) is 5.26. The number of unbranched alkanes of at least 4 members (excludes halogenated alkanes) is 15. The lowest BCUT2D eigenvalue weighted by molar-refractivity contribution is 0.0607. The lowest BCUT2D eigenvalue weighted by atomic mass is 9.92. The van der Waals surface area contributed by atoms with E-state index < -0.39 is 0 Å². The molecule has 1 N–H and O–H groups in total. The molecule has 0 bridgehead atoms. The maximum Gasteiger partial charge on any atom is 0.261 e. The molecule has 2 aromatic rings. The number of amides is 2. The number of benzene rings is 2. The Labute approximate surface area is 236 Å². The van der Waals surface area contributed by atoms with E-state index in [0.29, 0.717) is 17.7 Å². The second kappa shape index (κ2) is 16.0. The second-order valence-corrected chi connectivity index (χ2v) is 11.7. The summed E-state index contributed by atoms with van der Waals surface area (Å²) >= 11 is 0. The molecule has 2 heterocycles. The maximum absolute atomic E-state index is 13.4. The van der Waals surface area contributed by atoms with Crippen LogP contribution in [0.25, 0.3) is 10.8 Å². The van der Waals surface area contributed by atoms with E-state index in [1.54, 1.807) is 0 Å². The normalized spacial score (nSPS) is 15.5. The second-order valence-electron chi connectivity index (χ2n) is 11.7. The molecule has 5 nitrogen and oxygen atoms in total. The molecule has 1 fully saturated rings. The Morgan fingerprint density at radius 3 is 1.72 bits per heavy atom. The van der Waals surface area contributed by atoms with Gasteiger partial charge in [0.25, 0.3) is 11.8 Å². The first kappa shape index (κ1) is 29.6. The Bertz CT molecular complexity index is 1040. The number of anilines is 1. The van der Waals surface area contributed by atoms with Crippen molar-refractivity contribution >= 4 is 28.3 Å². The highest BCUT2D eigenvalue weighted by molar-refractivity contribution is 6.26. The fraction of sp³-hybridized carbons (Fsp3) is 0.647. The Morgan fingerprint density at radius 1 is 0.641 bits per heavy atom. The predicted molar refractivity (Wildman–Crippen MR) is 164 cm³/mol. The van der Waals surface area contributed by atoms with Crippen LogP contribution in [0, 0.1) is 0 Å². The van der Waals surface area contributed by atoms with Crippen LogP contribution in [-0.2, 0) is 0 Å². The van der Waals surface area contributed by atoms with Crippen LogP contribution in [0.2, 0.25) is 0 Å². The summed E-state index contributed by atoms with van der Waals surface area (Å²) in [5.74, 6) is -0.256. The summed E-state index contributed by atoms with van der Waals surface area (Å²) in [5.41, 5.74) is 2.48. The van der Waals surface area contributed by atoms with Crippen LogP contribution in [0.5, 0.6) is 0 Å². The predicted octanol–water partition coefficient (Wildman–Crippen LogP) is 8.11. The van der Waals surface area contributed by atoms with Gasteiger partial charge in [-0.1, -0.05) is 115 Å². The van der Waals surface area contributed by atoms with Gasteiger partial charge in [-0.05, 0) is 24.6 Å². The van der Waals surface area contributed by atoms with Gasteiger partial charge >= 0.3 is 0 Å². The van der Waals surface area contributed by atoms with Crippen molar-refractivity contribution in [3.8, 4) is 0 Å². The van der Waals surface area contributed by atoms with Gasteiger partial charge in [0, 0.05) is 60.3 Å². The first-order valence-electron chi connectivity index (χ1n) is 16.1. The van der Waals surface area contributed by atoms with Crippen LogP contribution < -0.4 is 10.2 Å². The minimum Gasteiger partial charge on any atom is -0.368 e. The topological polar surface area (TPSA) is 52.7 Å². The lowest BCUT2D eigenvalue weighted by Gasteiger charge is -2.32. The molecule has 0 spiro atoms. The SMILES string of the molecule is CCCCCCCCCCCCCCCCCCN1C(=O)c2cccc3c(N4CCNCC4)ccc(c23)C1=O. The molecule has 0 saturated carbocycles.